The van der Waals surface area contributed by atoms with Crippen LogP contribution in [0.2, 0.25) is 0 Å². The summed E-state index contributed by atoms with van der Waals surface area (Å²) in [4.78, 5) is 18.2. The van der Waals surface area contributed by atoms with Crippen LogP contribution in [0.1, 0.15) is 42.7 Å². The van der Waals surface area contributed by atoms with Gasteiger partial charge in [-0.2, -0.15) is 5.26 Å². The number of benzene rings is 2. The first-order chi connectivity index (χ1) is 15.1. The van der Waals surface area contributed by atoms with E-state index in [4.69, 9.17) is 19.2 Å². The molecule has 0 unspecified atom stereocenters. The second-order valence-electron chi connectivity index (χ2n) is 8.13. The zero-order chi connectivity index (χ0) is 21.5. The molecule has 0 bridgehead atoms. The maximum Gasteiger partial charge on any atom is 0.231 e. The minimum atomic E-state index is -0.423. The summed E-state index contributed by atoms with van der Waals surface area (Å²) in [6.07, 6.45) is 1.12. The lowest BCUT2D eigenvalue weighted by Crippen LogP contribution is -2.39. The van der Waals surface area contributed by atoms with Crippen LogP contribution >= 0.6 is 0 Å². The van der Waals surface area contributed by atoms with E-state index < -0.39 is 5.92 Å². The summed E-state index contributed by atoms with van der Waals surface area (Å²) in [6.45, 7) is 2.03. The predicted octanol–water partition coefficient (Wildman–Crippen LogP) is 4.52. The number of hydrogen-bond acceptors (Lipinski definition) is 6. The zero-order valence-corrected chi connectivity index (χ0v) is 17.4. The Hall–Kier alpha value is -3.59. The summed E-state index contributed by atoms with van der Waals surface area (Å²) < 4.78 is 16.2. The molecule has 31 heavy (non-hydrogen) atoms. The SMILES string of the molecule is COc1ccc([C@@H]2CC(=O)[C@@H]3C(=NC(C)=C(C#N)[C@@H]3c3ccc4c(c3)OCO4)C2)cc1. The molecule has 0 spiro atoms. The Kier molecular flexibility index (Phi) is 4.74. The molecule has 0 saturated heterocycles. The summed E-state index contributed by atoms with van der Waals surface area (Å²) in [5.41, 5.74) is 4.07. The number of hydrogen-bond donors (Lipinski definition) is 0. The summed E-state index contributed by atoms with van der Waals surface area (Å²) >= 11 is 0. The number of aliphatic imine (C=N–C) groups is 1. The molecule has 0 N–H and O–H groups in total. The van der Waals surface area contributed by atoms with Crippen molar-refractivity contribution in [3.05, 3.63) is 64.9 Å². The van der Waals surface area contributed by atoms with Crippen molar-refractivity contribution in [1.29, 1.82) is 5.26 Å². The van der Waals surface area contributed by atoms with E-state index in [0.717, 1.165) is 22.6 Å². The van der Waals surface area contributed by atoms with Gasteiger partial charge in [0.1, 0.15) is 11.5 Å². The van der Waals surface area contributed by atoms with E-state index >= 15 is 0 Å². The lowest BCUT2D eigenvalue weighted by Gasteiger charge is -2.37. The van der Waals surface area contributed by atoms with Crippen LogP contribution in [0.4, 0.5) is 0 Å². The van der Waals surface area contributed by atoms with E-state index in [0.29, 0.717) is 35.6 Å². The minimum Gasteiger partial charge on any atom is -0.497 e. The highest BCUT2D eigenvalue weighted by molar-refractivity contribution is 6.10. The number of fused-ring (bicyclic) bond motifs is 2. The maximum atomic E-state index is 13.4. The summed E-state index contributed by atoms with van der Waals surface area (Å²) in [5.74, 6) is 1.54. The molecule has 5 rings (SSSR count). The molecule has 1 aliphatic carbocycles. The highest BCUT2D eigenvalue weighted by atomic mass is 16.7. The highest BCUT2D eigenvalue weighted by Gasteiger charge is 2.44. The van der Waals surface area contributed by atoms with Crippen LogP contribution in [-0.4, -0.2) is 25.4 Å². The molecular formula is C25H22N2O4. The molecule has 0 radical (unpaired) electrons. The second kappa shape index (κ2) is 7.59. The van der Waals surface area contributed by atoms with Crippen molar-refractivity contribution in [3.63, 3.8) is 0 Å². The van der Waals surface area contributed by atoms with Gasteiger partial charge in [-0.15, -0.1) is 0 Å². The second-order valence-corrected chi connectivity index (χ2v) is 8.13. The molecule has 3 atom stereocenters. The number of rotatable bonds is 3. The summed E-state index contributed by atoms with van der Waals surface area (Å²) in [5, 5.41) is 9.89. The Morgan fingerprint density at radius 2 is 1.77 bits per heavy atom. The predicted molar refractivity (Wildman–Crippen MR) is 115 cm³/mol. The van der Waals surface area contributed by atoms with Crippen LogP contribution in [0.15, 0.2) is 58.7 Å². The van der Waals surface area contributed by atoms with E-state index in [1.807, 2.05) is 49.4 Å². The molecule has 1 fully saturated rings. The first-order valence-corrected chi connectivity index (χ1v) is 10.3. The Labute approximate surface area is 180 Å². The standard InChI is InChI=1S/C25H22N2O4/c1-14-19(12-26)24(16-5-8-22-23(11-16)31-13-30-22)25-20(27-14)9-17(10-21(25)28)15-3-6-18(29-2)7-4-15/h3-8,11,17,24-25H,9-10,13H2,1-2H3/t17-,24-,25-/m0/s1. The molecule has 156 valence electrons. The smallest absolute Gasteiger partial charge is 0.231 e. The third kappa shape index (κ3) is 3.27. The molecule has 1 saturated carbocycles. The van der Waals surface area contributed by atoms with Gasteiger partial charge in [-0.25, -0.2) is 0 Å². The highest BCUT2D eigenvalue weighted by Crippen LogP contribution is 2.47. The fraction of sp³-hybridized carbons (Fsp3) is 0.320. The molecule has 2 heterocycles. The van der Waals surface area contributed by atoms with Gasteiger partial charge in [0.15, 0.2) is 11.5 Å². The van der Waals surface area contributed by atoms with Crippen molar-refractivity contribution < 1.29 is 19.0 Å². The van der Waals surface area contributed by atoms with Gasteiger partial charge >= 0.3 is 0 Å². The van der Waals surface area contributed by atoms with Crippen molar-refractivity contribution in [2.24, 2.45) is 10.9 Å². The van der Waals surface area contributed by atoms with E-state index in [9.17, 15) is 10.1 Å². The van der Waals surface area contributed by atoms with E-state index in [2.05, 4.69) is 6.07 Å². The Balaban J connectivity index is 1.52. The van der Waals surface area contributed by atoms with Crippen LogP contribution in [0.25, 0.3) is 0 Å². The van der Waals surface area contributed by atoms with Crippen molar-refractivity contribution in [3.8, 4) is 23.3 Å². The average molecular weight is 414 g/mol. The van der Waals surface area contributed by atoms with Gasteiger partial charge in [0, 0.05) is 18.1 Å². The van der Waals surface area contributed by atoms with Crippen LogP contribution < -0.4 is 14.2 Å². The summed E-state index contributed by atoms with van der Waals surface area (Å²) in [6, 6.07) is 15.8. The van der Waals surface area contributed by atoms with Gasteiger partial charge in [0.05, 0.1) is 30.4 Å². The normalized spacial score (nSPS) is 24.4. The topological polar surface area (TPSA) is 80.9 Å². The summed E-state index contributed by atoms with van der Waals surface area (Å²) in [7, 11) is 1.64. The van der Waals surface area contributed by atoms with Crippen molar-refractivity contribution in [2.75, 3.05) is 13.9 Å². The van der Waals surface area contributed by atoms with Gasteiger partial charge in [-0.3, -0.25) is 9.79 Å². The first-order valence-electron chi connectivity index (χ1n) is 10.3. The number of Topliss-reactive ketones (excluding diaryl/α,β-unsaturated/α-hetero) is 1. The lowest BCUT2D eigenvalue weighted by molar-refractivity contribution is -0.122. The van der Waals surface area contributed by atoms with Crippen molar-refractivity contribution in [1.82, 2.24) is 0 Å². The fourth-order valence-electron chi connectivity index (χ4n) is 4.90. The number of carbonyl (C=O) groups excluding carboxylic acids is 1. The third-order valence-electron chi connectivity index (χ3n) is 6.42. The Morgan fingerprint density at radius 3 is 2.52 bits per heavy atom. The monoisotopic (exact) mass is 414 g/mol. The van der Waals surface area contributed by atoms with E-state index in [-0.39, 0.29) is 24.4 Å². The number of methoxy groups -OCH3 is 1. The minimum absolute atomic E-state index is 0.0715. The molecule has 2 aromatic carbocycles. The quantitative estimate of drug-likeness (QED) is 0.737. The largest absolute Gasteiger partial charge is 0.497 e. The van der Waals surface area contributed by atoms with Crippen LogP contribution in [-0.2, 0) is 4.79 Å². The molecule has 0 aromatic heterocycles. The van der Waals surface area contributed by atoms with Crippen LogP contribution in [0.5, 0.6) is 17.2 Å². The molecule has 3 aliphatic rings. The average Bonchev–Trinajstić information content (AvgIpc) is 3.26. The van der Waals surface area contributed by atoms with Gasteiger partial charge in [0.25, 0.3) is 0 Å². The van der Waals surface area contributed by atoms with Crippen molar-refractivity contribution >= 4 is 11.5 Å². The van der Waals surface area contributed by atoms with Crippen LogP contribution in [0.3, 0.4) is 0 Å². The zero-order valence-electron chi connectivity index (χ0n) is 17.4. The number of carbonyl (C=O) groups is 1. The Bertz CT molecular complexity index is 1160. The molecule has 0 amide bonds. The molecular weight excluding hydrogens is 392 g/mol. The number of ether oxygens (including phenoxy) is 3. The number of nitriles is 1. The molecule has 2 aliphatic heterocycles. The number of ketones is 1. The first kappa shape index (κ1) is 19.4. The number of nitrogens with zero attached hydrogens (tertiary/aromatic N) is 2. The van der Waals surface area contributed by atoms with Gasteiger partial charge in [-0.1, -0.05) is 18.2 Å². The molecule has 2 aromatic rings. The van der Waals surface area contributed by atoms with Gasteiger partial charge < -0.3 is 14.2 Å². The lowest BCUT2D eigenvalue weighted by atomic mass is 9.66. The molecule has 6 heteroatoms. The Morgan fingerprint density at radius 1 is 1.03 bits per heavy atom. The third-order valence-corrected chi connectivity index (χ3v) is 6.42. The molecule has 6 nitrogen and oxygen atoms in total. The van der Waals surface area contributed by atoms with Gasteiger partial charge in [0.2, 0.25) is 6.79 Å². The fourth-order valence-corrected chi connectivity index (χ4v) is 4.90. The van der Waals surface area contributed by atoms with Gasteiger partial charge in [-0.05, 0) is 54.7 Å². The maximum absolute atomic E-state index is 13.4. The van der Waals surface area contributed by atoms with E-state index in [1.54, 1.807) is 7.11 Å². The number of allylic oxidation sites excluding steroid dienone is 2. The van der Waals surface area contributed by atoms with E-state index in [1.165, 1.54) is 0 Å². The van der Waals surface area contributed by atoms with Crippen LogP contribution in [0, 0.1) is 17.2 Å². The van der Waals surface area contributed by atoms with Crippen molar-refractivity contribution in [2.45, 2.75) is 31.6 Å².